The Kier molecular flexibility index (Phi) is 2.58. The Bertz CT molecular complexity index is 309. The molecule has 0 fully saturated rings. The molecule has 1 nitrogen and oxygen atoms in total. The zero-order valence-electron chi connectivity index (χ0n) is 7.81. The van der Waals surface area contributed by atoms with Crippen LogP contribution in [-0.2, 0) is 6.42 Å². The Morgan fingerprint density at radius 1 is 1.54 bits per heavy atom. The smallest absolute Gasteiger partial charge is 0.0384 e. The second-order valence-electron chi connectivity index (χ2n) is 3.66. The van der Waals surface area contributed by atoms with E-state index in [0.29, 0.717) is 0 Å². The van der Waals surface area contributed by atoms with Crippen molar-refractivity contribution in [2.45, 2.75) is 19.8 Å². The molecule has 1 unspecified atom stereocenters. The van der Waals surface area contributed by atoms with Gasteiger partial charge in [-0.3, -0.25) is 0 Å². The number of halogens is 1. The molecule has 1 aromatic rings. The van der Waals surface area contributed by atoms with Crippen LogP contribution in [0.4, 0.5) is 5.69 Å². The number of rotatable bonds is 1. The van der Waals surface area contributed by atoms with Gasteiger partial charge in [0.05, 0.1) is 0 Å². The summed E-state index contributed by atoms with van der Waals surface area (Å²) < 4.78 is 1.16. The van der Waals surface area contributed by atoms with Gasteiger partial charge >= 0.3 is 0 Å². The lowest BCUT2D eigenvalue weighted by atomic mass is 9.92. The van der Waals surface area contributed by atoms with Crippen LogP contribution in [0.3, 0.4) is 0 Å². The van der Waals surface area contributed by atoms with Crippen LogP contribution in [0.1, 0.15) is 18.9 Å². The molecule has 2 rings (SSSR count). The molecule has 2 heteroatoms. The largest absolute Gasteiger partial charge is 0.385 e. The van der Waals surface area contributed by atoms with Gasteiger partial charge in [-0.2, -0.15) is 0 Å². The Morgan fingerprint density at radius 3 is 3.15 bits per heavy atom. The Hall–Kier alpha value is -0.500. The van der Waals surface area contributed by atoms with E-state index in [1.807, 2.05) is 0 Å². The van der Waals surface area contributed by atoms with Crippen molar-refractivity contribution in [3.8, 4) is 0 Å². The number of benzene rings is 1. The number of nitrogens with one attached hydrogen (secondary N) is 1. The topological polar surface area (TPSA) is 12.0 Å². The van der Waals surface area contributed by atoms with Gasteiger partial charge in [0.1, 0.15) is 0 Å². The van der Waals surface area contributed by atoms with Gasteiger partial charge < -0.3 is 5.32 Å². The molecule has 1 aliphatic heterocycles. The van der Waals surface area contributed by atoms with Crippen molar-refractivity contribution in [2.24, 2.45) is 5.92 Å². The first-order chi connectivity index (χ1) is 6.29. The average Bonchev–Trinajstić information content (AvgIpc) is 2.17. The molecule has 0 bridgehead atoms. The van der Waals surface area contributed by atoms with E-state index >= 15 is 0 Å². The molecular formula is C11H14BrN. The molecule has 1 aromatic carbocycles. The minimum atomic E-state index is 0.814. The van der Waals surface area contributed by atoms with Gasteiger partial charge in [-0.25, -0.2) is 0 Å². The monoisotopic (exact) mass is 239 g/mol. The quantitative estimate of drug-likeness (QED) is 0.792. The SMILES string of the molecule is CCC1CNc2cc(Br)ccc2C1. The van der Waals surface area contributed by atoms with Gasteiger partial charge in [0.15, 0.2) is 0 Å². The first-order valence-corrected chi connectivity index (χ1v) is 5.61. The molecule has 0 saturated carbocycles. The molecule has 1 N–H and O–H groups in total. The number of hydrogen-bond acceptors (Lipinski definition) is 1. The minimum absolute atomic E-state index is 0.814. The normalized spacial score (nSPS) is 20.6. The van der Waals surface area contributed by atoms with E-state index in [0.717, 1.165) is 16.9 Å². The van der Waals surface area contributed by atoms with Gasteiger partial charge in [0, 0.05) is 16.7 Å². The number of hydrogen-bond donors (Lipinski definition) is 1. The molecule has 0 saturated heterocycles. The summed E-state index contributed by atoms with van der Waals surface area (Å²) in [7, 11) is 0. The summed E-state index contributed by atoms with van der Waals surface area (Å²) in [5.74, 6) is 0.814. The third kappa shape index (κ3) is 1.88. The predicted octanol–water partition coefficient (Wildman–Crippen LogP) is 3.44. The summed E-state index contributed by atoms with van der Waals surface area (Å²) >= 11 is 3.48. The zero-order valence-corrected chi connectivity index (χ0v) is 9.39. The van der Waals surface area contributed by atoms with Gasteiger partial charge in [0.25, 0.3) is 0 Å². The van der Waals surface area contributed by atoms with Crippen LogP contribution in [0, 0.1) is 5.92 Å². The fraction of sp³-hybridized carbons (Fsp3) is 0.455. The average molecular weight is 240 g/mol. The Labute approximate surface area is 87.7 Å². The van der Waals surface area contributed by atoms with Crippen molar-refractivity contribution in [3.63, 3.8) is 0 Å². The summed E-state index contributed by atoms with van der Waals surface area (Å²) in [6.07, 6.45) is 2.49. The van der Waals surface area contributed by atoms with Gasteiger partial charge in [-0.05, 0) is 30.0 Å². The van der Waals surface area contributed by atoms with Crippen LogP contribution in [0.2, 0.25) is 0 Å². The highest BCUT2D eigenvalue weighted by atomic mass is 79.9. The minimum Gasteiger partial charge on any atom is -0.385 e. The molecule has 1 aliphatic rings. The van der Waals surface area contributed by atoms with Crippen LogP contribution in [0.15, 0.2) is 22.7 Å². The Balaban J connectivity index is 2.26. The fourth-order valence-electron chi connectivity index (χ4n) is 1.82. The molecular weight excluding hydrogens is 226 g/mol. The first kappa shape index (κ1) is 9.07. The van der Waals surface area contributed by atoms with E-state index in [1.165, 1.54) is 24.1 Å². The first-order valence-electron chi connectivity index (χ1n) is 4.82. The number of anilines is 1. The highest BCUT2D eigenvalue weighted by Crippen LogP contribution is 2.28. The zero-order chi connectivity index (χ0) is 9.26. The van der Waals surface area contributed by atoms with Gasteiger partial charge in [-0.1, -0.05) is 35.3 Å². The standard InChI is InChI=1S/C11H14BrN/c1-2-8-5-9-3-4-10(12)6-11(9)13-7-8/h3-4,6,8,13H,2,5,7H2,1H3. The van der Waals surface area contributed by atoms with Gasteiger partial charge in [0.2, 0.25) is 0 Å². The van der Waals surface area contributed by atoms with Crippen LogP contribution >= 0.6 is 15.9 Å². The lowest BCUT2D eigenvalue weighted by Crippen LogP contribution is -2.22. The summed E-state index contributed by atoms with van der Waals surface area (Å²) in [6.45, 7) is 3.39. The molecule has 0 radical (unpaired) electrons. The third-order valence-corrected chi connectivity index (χ3v) is 3.23. The van der Waals surface area contributed by atoms with Gasteiger partial charge in [-0.15, -0.1) is 0 Å². The molecule has 1 atom stereocenters. The summed E-state index contributed by atoms with van der Waals surface area (Å²) in [5, 5.41) is 3.47. The maximum atomic E-state index is 3.48. The molecule has 13 heavy (non-hydrogen) atoms. The summed E-state index contributed by atoms with van der Waals surface area (Å²) in [4.78, 5) is 0. The third-order valence-electron chi connectivity index (χ3n) is 2.74. The summed E-state index contributed by atoms with van der Waals surface area (Å²) in [5.41, 5.74) is 2.76. The predicted molar refractivity (Wildman–Crippen MR) is 60.1 cm³/mol. The number of fused-ring (bicyclic) bond motifs is 1. The fourth-order valence-corrected chi connectivity index (χ4v) is 2.18. The van der Waals surface area contributed by atoms with E-state index in [9.17, 15) is 0 Å². The molecule has 1 heterocycles. The van der Waals surface area contributed by atoms with Crippen LogP contribution in [0.5, 0.6) is 0 Å². The second kappa shape index (κ2) is 3.70. The van der Waals surface area contributed by atoms with Crippen molar-refractivity contribution >= 4 is 21.6 Å². The second-order valence-corrected chi connectivity index (χ2v) is 4.58. The molecule has 0 spiro atoms. The van der Waals surface area contributed by atoms with Crippen molar-refractivity contribution in [2.75, 3.05) is 11.9 Å². The maximum Gasteiger partial charge on any atom is 0.0384 e. The lowest BCUT2D eigenvalue weighted by Gasteiger charge is -2.25. The van der Waals surface area contributed by atoms with Crippen molar-refractivity contribution in [1.82, 2.24) is 0 Å². The highest BCUT2D eigenvalue weighted by molar-refractivity contribution is 9.10. The van der Waals surface area contributed by atoms with E-state index in [4.69, 9.17) is 0 Å². The van der Waals surface area contributed by atoms with Crippen molar-refractivity contribution in [1.29, 1.82) is 0 Å². The van der Waals surface area contributed by atoms with E-state index in [2.05, 4.69) is 46.4 Å². The summed E-state index contributed by atoms with van der Waals surface area (Å²) in [6, 6.07) is 6.51. The van der Waals surface area contributed by atoms with Crippen LogP contribution in [-0.4, -0.2) is 6.54 Å². The van der Waals surface area contributed by atoms with Crippen LogP contribution < -0.4 is 5.32 Å². The van der Waals surface area contributed by atoms with E-state index in [-0.39, 0.29) is 0 Å². The van der Waals surface area contributed by atoms with E-state index in [1.54, 1.807) is 0 Å². The maximum absolute atomic E-state index is 3.48. The van der Waals surface area contributed by atoms with Crippen molar-refractivity contribution < 1.29 is 0 Å². The highest BCUT2D eigenvalue weighted by Gasteiger charge is 2.16. The molecule has 0 aromatic heterocycles. The molecule has 0 aliphatic carbocycles. The lowest BCUT2D eigenvalue weighted by molar-refractivity contribution is 0.521. The van der Waals surface area contributed by atoms with Crippen LogP contribution in [0.25, 0.3) is 0 Å². The molecule has 0 amide bonds. The van der Waals surface area contributed by atoms with E-state index < -0.39 is 0 Å². The molecule has 70 valence electrons. The van der Waals surface area contributed by atoms with Crippen molar-refractivity contribution in [3.05, 3.63) is 28.2 Å². The Morgan fingerprint density at radius 2 is 2.38 bits per heavy atom.